The first kappa shape index (κ1) is 27.9. The van der Waals surface area contributed by atoms with Crippen LogP contribution in [0.3, 0.4) is 0 Å². The van der Waals surface area contributed by atoms with Crippen molar-refractivity contribution in [2.75, 3.05) is 0 Å². The molecule has 4 heteroatoms. The molecule has 0 amide bonds. The standard InChI is InChI=1S/C11H21Si2.C9H7.2CH3.Si.Ti/c1-12(2,3)10-7-8-11(9-10)13(4,5)6;1-2-5-9-7-3-6-8(9)4-1;;;;/h7,9,11H,1-6H3;1-7H;2*1H3;;/q4*-1;;. The Kier molecular flexibility index (Phi) is 13.1. The normalized spacial score (nSPS) is 15.4. The van der Waals surface area contributed by atoms with Gasteiger partial charge in [-0.25, -0.2) is 11.3 Å². The van der Waals surface area contributed by atoms with Crippen molar-refractivity contribution in [2.45, 2.75) is 44.8 Å². The van der Waals surface area contributed by atoms with Crippen LogP contribution in [-0.2, 0) is 19.2 Å². The Morgan fingerprint density at radius 2 is 1.54 bits per heavy atom. The van der Waals surface area contributed by atoms with Gasteiger partial charge in [-0.3, -0.25) is 6.08 Å². The first-order valence-electron chi connectivity index (χ1n) is 8.35. The minimum Gasteiger partial charge on any atom is -0.168 e. The molecule has 1 aliphatic carbocycles. The molecule has 0 fully saturated rings. The fraction of sp³-hybridized carbons (Fsp3) is 0.318. The van der Waals surface area contributed by atoms with Crippen LogP contribution >= 0.6 is 0 Å². The van der Waals surface area contributed by atoms with Gasteiger partial charge in [0.1, 0.15) is 0 Å². The third-order valence-electron chi connectivity index (χ3n) is 4.11. The predicted octanol–water partition coefficient (Wildman–Crippen LogP) is 6.95. The third-order valence-corrected chi connectivity index (χ3v) is 8.35. The van der Waals surface area contributed by atoms with Gasteiger partial charge >= 0.3 is 26.8 Å². The largest absolute Gasteiger partial charge is 0.168 e. The average Bonchev–Trinajstić information content (AvgIpc) is 3.18. The van der Waals surface area contributed by atoms with Crippen molar-refractivity contribution in [3.05, 3.63) is 80.7 Å². The number of benzene rings is 1. The number of allylic oxidation sites excluding steroid dienone is 4. The summed E-state index contributed by atoms with van der Waals surface area (Å²) >= 11 is 1.81. The molecule has 0 heterocycles. The zero-order valence-electron chi connectivity index (χ0n) is 17.8. The van der Waals surface area contributed by atoms with Gasteiger partial charge in [0.25, 0.3) is 0 Å². The van der Waals surface area contributed by atoms with E-state index in [1.54, 1.807) is 24.4 Å². The third kappa shape index (κ3) is 8.58. The van der Waals surface area contributed by atoms with Gasteiger partial charge in [0.2, 0.25) is 0 Å². The molecule has 1 aliphatic rings. The molecule has 0 saturated carbocycles. The van der Waals surface area contributed by atoms with Crippen LogP contribution in [0.1, 0.15) is 0 Å². The van der Waals surface area contributed by atoms with Gasteiger partial charge in [0, 0.05) is 8.07 Å². The summed E-state index contributed by atoms with van der Waals surface area (Å²) in [7, 11) is 0.851. The maximum absolute atomic E-state index is 3.53. The molecule has 1 atom stereocenters. The maximum Gasteiger partial charge on any atom is -0.0809 e. The molecular weight excluding hydrogens is 396 g/mol. The second-order valence-electron chi connectivity index (χ2n) is 8.18. The molecule has 2 aromatic carbocycles. The molecule has 0 saturated heterocycles. The second kappa shape index (κ2) is 12.2. The molecule has 26 heavy (non-hydrogen) atoms. The van der Waals surface area contributed by atoms with E-state index in [0.29, 0.717) is 5.54 Å². The molecule has 2 aromatic rings. The molecule has 0 aliphatic heterocycles. The monoisotopic (exact) mass is 430 g/mol. The fourth-order valence-electron chi connectivity index (χ4n) is 2.49. The fourth-order valence-corrected chi connectivity index (χ4v) is 5.10. The van der Waals surface area contributed by atoms with Crippen LogP contribution < -0.4 is 0 Å². The maximum atomic E-state index is 3.53. The molecule has 0 bridgehead atoms. The molecule has 0 aromatic heterocycles. The van der Waals surface area contributed by atoms with Gasteiger partial charge in [-0.05, 0) is 8.07 Å². The number of hydrogen-bond acceptors (Lipinski definition) is 0. The summed E-state index contributed by atoms with van der Waals surface area (Å²) in [4.78, 5) is 0. The van der Waals surface area contributed by atoms with Crippen LogP contribution in [0.2, 0.25) is 44.8 Å². The Bertz CT molecular complexity index is 670. The van der Waals surface area contributed by atoms with Gasteiger partial charge in [-0.2, -0.15) is 23.6 Å². The molecule has 3 rings (SSSR count). The number of rotatable bonds is 2. The van der Waals surface area contributed by atoms with E-state index in [9.17, 15) is 0 Å². The Labute approximate surface area is 178 Å². The van der Waals surface area contributed by atoms with Gasteiger partial charge in [-0.15, -0.1) is 35.2 Å². The Morgan fingerprint density at radius 3 is 1.96 bits per heavy atom. The Balaban J connectivity index is 0. The van der Waals surface area contributed by atoms with Crippen molar-refractivity contribution in [2.24, 2.45) is 0 Å². The van der Waals surface area contributed by atoms with Gasteiger partial charge < -0.3 is 14.9 Å². The van der Waals surface area contributed by atoms with Crippen LogP contribution in [0.15, 0.2) is 59.8 Å². The number of hydrogen-bond donors (Lipinski definition) is 0. The average molecular weight is 431 g/mol. The molecule has 1 unspecified atom stereocenters. The Hall–Kier alpha value is -0.325. The zero-order valence-corrected chi connectivity index (χ0v) is 22.3. The molecule has 2 radical (unpaired) electrons. The van der Waals surface area contributed by atoms with E-state index >= 15 is 0 Å². The summed E-state index contributed by atoms with van der Waals surface area (Å²) in [5.41, 5.74) is 0.661. The molecular formula is C22H34Si3Ti-4. The van der Waals surface area contributed by atoms with Crippen LogP contribution in [0.5, 0.6) is 0 Å². The summed E-state index contributed by atoms with van der Waals surface area (Å²) in [6.07, 6.45) is 8.28. The van der Waals surface area contributed by atoms with Crippen LogP contribution in [0.4, 0.5) is 0 Å². The van der Waals surface area contributed by atoms with E-state index in [1.807, 2.05) is 0 Å². The minimum atomic E-state index is -1.08. The van der Waals surface area contributed by atoms with Gasteiger partial charge in [-0.1, -0.05) is 45.3 Å². The zero-order chi connectivity index (χ0) is 18.4. The van der Waals surface area contributed by atoms with Crippen LogP contribution in [-0.4, -0.2) is 23.8 Å². The smallest absolute Gasteiger partial charge is 0.0809 e. The summed E-state index contributed by atoms with van der Waals surface area (Å²) in [6.45, 7) is 14.5. The minimum absolute atomic E-state index is 0. The quantitative estimate of drug-likeness (QED) is 0.357. The molecule has 0 spiro atoms. The Morgan fingerprint density at radius 1 is 0.962 bits per heavy atom. The molecule has 0 N–H and O–H groups in total. The summed E-state index contributed by atoms with van der Waals surface area (Å²) in [5.74, 6) is 0. The van der Waals surface area contributed by atoms with E-state index in [2.05, 4.69) is 108 Å². The van der Waals surface area contributed by atoms with Crippen molar-refractivity contribution in [3.8, 4) is 0 Å². The van der Waals surface area contributed by atoms with Crippen LogP contribution in [0.25, 0.3) is 10.8 Å². The number of fused-ring (bicyclic) bond motifs is 1. The first-order valence-corrected chi connectivity index (χ1v) is 18.3. The van der Waals surface area contributed by atoms with E-state index in [1.165, 1.54) is 10.8 Å². The van der Waals surface area contributed by atoms with Crippen molar-refractivity contribution >= 4 is 34.6 Å². The van der Waals surface area contributed by atoms with E-state index in [-0.39, 0.29) is 14.9 Å². The van der Waals surface area contributed by atoms with Crippen molar-refractivity contribution < 1.29 is 19.2 Å². The predicted molar refractivity (Wildman–Crippen MR) is 124 cm³/mol. The summed E-state index contributed by atoms with van der Waals surface area (Å²) in [5, 5.41) is 4.26. The molecule has 0 nitrogen and oxygen atoms in total. The van der Waals surface area contributed by atoms with Crippen molar-refractivity contribution in [3.63, 3.8) is 0 Å². The van der Waals surface area contributed by atoms with E-state index in [4.69, 9.17) is 0 Å². The topological polar surface area (TPSA) is 0 Å². The van der Waals surface area contributed by atoms with Gasteiger partial charge in [0.15, 0.2) is 0 Å². The summed E-state index contributed by atoms with van der Waals surface area (Å²) < 4.78 is 0. The van der Waals surface area contributed by atoms with Gasteiger partial charge in [0.05, 0.1) is 0 Å². The van der Waals surface area contributed by atoms with E-state index in [0.717, 1.165) is 0 Å². The first-order chi connectivity index (χ1) is 11.2. The summed E-state index contributed by atoms with van der Waals surface area (Å²) in [6, 6.07) is 14.7. The van der Waals surface area contributed by atoms with E-state index < -0.39 is 16.1 Å². The second-order valence-corrected chi connectivity index (χ2v) is 18.6. The van der Waals surface area contributed by atoms with Crippen molar-refractivity contribution in [1.82, 2.24) is 0 Å². The van der Waals surface area contributed by atoms with Crippen molar-refractivity contribution in [1.29, 1.82) is 0 Å². The molecule has 142 valence electrons. The van der Waals surface area contributed by atoms with Crippen LogP contribution in [0, 0.1) is 20.9 Å². The SMILES string of the molecule is C[Si](C)(C)C1=CC([Si](C)(C)C)[C-]=C1.[CH3-].[CH3-].[Si]=[Ti].c1ccc2[cH-]ccc2c1.